The van der Waals surface area contributed by atoms with E-state index in [1.807, 2.05) is 0 Å². The van der Waals surface area contributed by atoms with E-state index in [2.05, 4.69) is 53.8 Å². The molecule has 0 saturated carbocycles. The number of ether oxygens (including phenoxy) is 1. The molecule has 0 fully saturated rings. The van der Waals surface area contributed by atoms with Gasteiger partial charge in [0, 0.05) is 19.2 Å². The van der Waals surface area contributed by atoms with Crippen molar-refractivity contribution in [3.05, 3.63) is 0 Å². The smallest absolute Gasteiger partial charge is 0.0693 e. The number of hydrogen-bond acceptors (Lipinski definition) is 2. The molecule has 0 aromatic heterocycles. The average molecular weight is 229 g/mol. The Kier molecular flexibility index (Phi) is 6.57. The second-order valence-corrected chi connectivity index (χ2v) is 6.44. The minimum atomic E-state index is 0.261. The van der Waals surface area contributed by atoms with Crippen molar-refractivity contribution in [2.75, 3.05) is 7.11 Å². The van der Waals surface area contributed by atoms with Crippen LogP contribution in [0.25, 0.3) is 0 Å². The zero-order chi connectivity index (χ0) is 12.9. The largest absolute Gasteiger partial charge is 0.380 e. The standard InChI is InChI=1S/C14H31NO/c1-10(2)9-13(14(5,6)7)15-11(3)12(4)16-8/h10-13,15H,9H2,1-8H3. The summed E-state index contributed by atoms with van der Waals surface area (Å²) < 4.78 is 5.37. The van der Waals surface area contributed by atoms with Gasteiger partial charge in [-0.1, -0.05) is 34.6 Å². The molecule has 2 heteroatoms. The Morgan fingerprint density at radius 3 is 1.88 bits per heavy atom. The third kappa shape index (κ3) is 5.86. The minimum absolute atomic E-state index is 0.261. The molecule has 0 aliphatic heterocycles. The van der Waals surface area contributed by atoms with Crippen LogP contribution in [0.2, 0.25) is 0 Å². The monoisotopic (exact) mass is 229 g/mol. The molecule has 2 nitrogen and oxygen atoms in total. The van der Waals surface area contributed by atoms with E-state index < -0.39 is 0 Å². The summed E-state index contributed by atoms with van der Waals surface area (Å²) in [6.45, 7) is 15.8. The number of hydrogen-bond donors (Lipinski definition) is 1. The van der Waals surface area contributed by atoms with Gasteiger partial charge in [-0.25, -0.2) is 0 Å². The van der Waals surface area contributed by atoms with Gasteiger partial charge in [-0.3, -0.25) is 0 Å². The SMILES string of the molecule is COC(C)C(C)NC(CC(C)C)C(C)(C)C. The lowest BCUT2D eigenvalue weighted by Gasteiger charge is -2.36. The van der Waals surface area contributed by atoms with Crippen LogP contribution in [-0.2, 0) is 4.74 Å². The molecule has 0 bridgehead atoms. The molecule has 16 heavy (non-hydrogen) atoms. The van der Waals surface area contributed by atoms with E-state index in [4.69, 9.17) is 4.74 Å². The molecule has 3 unspecified atom stereocenters. The molecule has 0 heterocycles. The van der Waals surface area contributed by atoms with Gasteiger partial charge in [-0.2, -0.15) is 0 Å². The fourth-order valence-corrected chi connectivity index (χ4v) is 1.80. The van der Waals surface area contributed by atoms with Crippen LogP contribution in [0.1, 0.15) is 54.9 Å². The predicted molar refractivity (Wildman–Crippen MR) is 71.8 cm³/mol. The van der Waals surface area contributed by atoms with Gasteiger partial charge < -0.3 is 10.1 Å². The third-order valence-corrected chi connectivity index (χ3v) is 3.29. The second kappa shape index (κ2) is 6.61. The van der Waals surface area contributed by atoms with Crippen molar-refractivity contribution in [2.45, 2.75) is 73.1 Å². The summed E-state index contributed by atoms with van der Waals surface area (Å²) in [5.74, 6) is 0.724. The van der Waals surface area contributed by atoms with Gasteiger partial charge in [0.2, 0.25) is 0 Å². The molecule has 0 spiro atoms. The van der Waals surface area contributed by atoms with Crippen LogP contribution in [0.4, 0.5) is 0 Å². The van der Waals surface area contributed by atoms with Crippen LogP contribution < -0.4 is 5.32 Å². The van der Waals surface area contributed by atoms with Crippen molar-refractivity contribution < 1.29 is 4.74 Å². The van der Waals surface area contributed by atoms with E-state index in [9.17, 15) is 0 Å². The lowest BCUT2D eigenvalue weighted by molar-refractivity contribution is 0.0732. The molecule has 0 rings (SSSR count). The maximum absolute atomic E-state index is 5.37. The van der Waals surface area contributed by atoms with E-state index >= 15 is 0 Å². The molecule has 3 atom stereocenters. The molecule has 0 aliphatic rings. The van der Waals surface area contributed by atoms with Crippen LogP contribution >= 0.6 is 0 Å². The Hall–Kier alpha value is -0.0800. The highest BCUT2D eigenvalue weighted by Gasteiger charge is 2.27. The summed E-state index contributed by atoms with van der Waals surface area (Å²) >= 11 is 0. The first-order valence-electron chi connectivity index (χ1n) is 6.47. The normalized spacial score (nSPS) is 18.6. The summed E-state index contributed by atoms with van der Waals surface area (Å²) in [5.41, 5.74) is 0.298. The van der Waals surface area contributed by atoms with Gasteiger partial charge in [-0.05, 0) is 31.6 Å². The predicted octanol–water partition coefficient (Wildman–Crippen LogP) is 3.46. The lowest BCUT2D eigenvalue weighted by atomic mass is 9.81. The van der Waals surface area contributed by atoms with Crippen LogP contribution in [0.3, 0.4) is 0 Å². The van der Waals surface area contributed by atoms with Crippen molar-refractivity contribution in [1.29, 1.82) is 0 Å². The second-order valence-electron chi connectivity index (χ2n) is 6.44. The topological polar surface area (TPSA) is 21.3 Å². The average Bonchev–Trinajstić information content (AvgIpc) is 2.13. The Morgan fingerprint density at radius 1 is 1.06 bits per heavy atom. The zero-order valence-electron chi connectivity index (χ0n) is 12.4. The molecule has 0 amide bonds. The van der Waals surface area contributed by atoms with E-state index in [0.29, 0.717) is 17.5 Å². The summed E-state index contributed by atoms with van der Waals surface area (Å²) in [7, 11) is 1.78. The molecule has 0 aromatic rings. The molecular weight excluding hydrogens is 198 g/mol. The highest BCUT2D eigenvalue weighted by molar-refractivity contribution is 4.85. The van der Waals surface area contributed by atoms with Crippen LogP contribution in [0.15, 0.2) is 0 Å². The first kappa shape index (κ1) is 15.9. The maximum Gasteiger partial charge on any atom is 0.0693 e. The fraction of sp³-hybridized carbons (Fsp3) is 1.00. The van der Waals surface area contributed by atoms with Gasteiger partial charge in [0.25, 0.3) is 0 Å². The summed E-state index contributed by atoms with van der Waals surface area (Å²) in [6.07, 6.45) is 1.47. The quantitative estimate of drug-likeness (QED) is 0.753. The van der Waals surface area contributed by atoms with Crippen molar-refractivity contribution in [1.82, 2.24) is 5.32 Å². The fourth-order valence-electron chi connectivity index (χ4n) is 1.80. The Bertz CT molecular complexity index is 184. The van der Waals surface area contributed by atoms with E-state index in [1.165, 1.54) is 6.42 Å². The van der Waals surface area contributed by atoms with Crippen molar-refractivity contribution in [2.24, 2.45) is 11.3 Å². The summed E-state index contributed by atoms with van der Waals surface area (Å²) in [4.78, 5) is 0. The van der Waals surface area contributed by atoms with Gasteiger partial charge in [0.1, 0.15) is 0 Å². The molecule has 0 aliphatic carbocycles. The Balaban J connectivity index is 4.43. The van der Waals surface area contributed by atoms with E-state index in [0.717, 1.165) is 5.92 Å². The molecule has 0 aromatic carbocycles. The summed E-state index contributed by atoms with van der Waals surface area (Å²) in [6, 6.07) is 0.938. The Morgan fingerprint density at radius 2 is 1.56 bits per heavy atom. The maximum atomic E-state index is 5.37. The van der Waals surface area contributed by atoms with Crippen molar-refractivity contribution in [3.63, 3.8) is 0 Å². The summed E-state index contributed by atoms with van der Waals surface area (Å²) in [5, 5.41) is 3.71. The minimum Gasteiger partial charge on any atom is -0.380 e. The number of nitrogens with one attached hydrogen (secondary N) is 1. The Labute approximate surface area is 102 Å². The van der Waals surface area contributed by atoms with Crippen LogP contribution in [0.5, 0.6) is 0 Å². The lowest BCUT2D eigenvalue weighted by Crippen LogP contribution is -2.49. The third-order valence-electron chi connectivity index (χ3n) is 3.29. The number of rotatable bonds is 6. The van der Waals surface area contributed by atoms with Gasteiger partial charge in [0.15, 0.2) is 0 Å². The van der Waals surface area contributed by atoms with Gasteiger partial charge in [-0.15, -0.1) is 0 Å². The molecule has 0 radical (unpaired) electrons. The molecule has 0 saturated heterocycles. The number of methoxy groups -OCH3 is 1. The van der Waals surface area contributed by atoms with Crippen LogP contribution in [0, 0.1) is 11.3 Å². The van der Waals surface area contributed by atoms with Crippen molar-refractivity contribution in [3.8, 4) is 0 Å². The highest BCUT2D eigenvalue weighted by atomic mass is 16.5. The van der Waals surface area contributed by atoms with Gasteiger partial charge >= 0.3 is 0 Å². The van der Waals surface area contributed by atoms with E-state index in [1.54, 1.807) is 7.11 Å². The molecule has 1 N–H and O–H groups in total. The van der Waals surface area contributed by atoms with Crippen molar-refractivity contribution >= 4 is 0 Å². The van der Waals surface area contributed by atoms with Crippen LogP contribution in [-0.4, -0.2) is 25.3 Å². The molecule has 98 valence electrons. The van der Waals surface area contributed by atoms with E-state index in [-0.39, 0.29) is 6.10 Å². The molecular formula is C14H31NO. The first-order valence-corrected chi connectivity index (χ1v) is 6.47. The first-order chi connectivity index (χ1) is 7.18. The highest BCUT2D eigenvalue weighted by Crippen LogP contribution is 2.25. The van der Waals surface area contributed by atoms with Gasteiger partial charge in [0.05, 0.1) is 6.10 Å². The zero-order valence-corrected chi connectivity index (χ0v) is 12.4.